The molecule has 0 aliphatic carbocycles. The van der Waals surface area contributed by atoms with E-state index in [0.29, 0.717) is 5.69 Å². The highest BCUT2D eigenvalue weighted by atomic mass is 16.2. The third-order valence-corrected chi connectivity index (χ3v) is 3.34. The van der Waals surface area contributed by atoms with Crippen molar-refractivity contribution in [2.75, 3.05) is 10.6 Å². The normalized spacial score (nSPS) is 11.1. The standard InChI is InChI=1S/C18H23N3O/c1-5-13-6-8-14(9-7-13)20-16-11-10-15(12-19-16)21-17(22)18(2,3)4/h6-12H,5H2,1-4H3,(H,19,20)(H,21,22). The van der Waals surface area contributed by atoms with Gasteiger partial charge in [-0.25, -0.2) is 4.98 Å². The highest BCUT2D eigenvalue weighted by Gasteiger charge is 2.21. The summed E-state index contributed by atoms with van der Waals surface area (Å²) in [5, 5.41) is 6.10. The quantitative estimate of drug-likeness (QED) is 0.881. The molecule has 0 unspecified atom stereocenters. The number of benzene rings is 1. The van der Waals surface area contributed by atoms with E-state index in [0.717, 1.165) is 17.9 Å². The molecule has 0 bridgehead atoms. The zero-order chi connectivity index (χ0) is 16.2. The molecule has 2 aromatic rings. The molecule has 0 saturated carbocycles. The van der Waals surface area contributed by atoms with E-state index >= 15 is 0 Å². The summed E-state index contributed by atoms with van der Waals surface area (Å²) in [5.74, 6) is 0.725. The first kappa shape index (κ1) is 16.0. The van der Waals surface area contributed by atoms with Crippen LogP contribution in [0.4, 0.5) is 17.2 Å². The van der Waals surface area contributed by atoms with Crippen LogP contribution in [0.5, 0.6) is 0 Å². The lowest BCUT2D eigenvalue weighted by Gasteiger charge is -2.17. The Hall–Kier alpha value is -2.36. The number of anilines is 3. The Morgan fingerprint density at radius 3 is 2.18 bits per heavy atom. The van der Waals surface area contributed by atoms with Crippen molar-refractivity contribution >= 4 is 23.1 Å². The van der Waals surface area contributed by atoms with E-state index in [9.17, 15) is 4.79 Å². The maximum absolute atomic E-state index is 11.9. The third kappa shape index (κ3) is 4.32. The van der Waals surface area contributed by atoms with E-state index in [-0.39, 0.29) is 5.91 Å². The zero-order valence-corrected chi connectivity index (χ0v) is 13.6. The Kier molecular flexibility index (Phi) is 4.81. The minimum absolute atomic E-state index is 0.0230. The molecule has 0 spiro atoms. The number of aryl methyl sites for hydroxylation is 1. The summed E-state index contributed by atoms with van der Waals surface area (Å²) in [4.78, 5) is 16.2. The van der Waals surface area contributed by atoms with Crippen molar-refractivity contribution in [3.05, 3.63) is 48.2 Å². The topological polar surface area (TPSA) is 54.0 Å². The van der Waals surface area contributed by atoms with E-state index in [4.69, 9.17) is 0 Å². The number of amides is 1. The molecule has 1 amide bonds. The highest BCUT2D eigenvalue weighted by Crippen LogP contribution is 2.19. The van der Waals surface area contributed by atoms with Gasteiger partial charge < -0.3 is 10.6 Å². The molecular formula is C18H23N3O. The van der Waals surface area contributed by atoms with E-state index < -0.39 is 5.41 Å². The molecule has 0 atom stereocenters. The molecule has 1 heterocycles. The van der Waals surface area contributed by atoms with E-state index in [2.05, 4.69) is 34.7 Å². The highest BCUT2D eigenvalue weighted by molar-refractivity contribution is 5.94. The Bertz CT molecular complexity index is 625. The van der Waals surface area contributed by atoms with Crippen molar-refractivity contribution in [2.45, 2.75) is 34.1 Å². The van der Waals surface area contributed by atoms with Crippen LogP contribution in [0.1, 0.15) is 33.3 Å². The number of carbonyl (C=O) groups is 1. The molecule has 4 heteroatoms. The summed E-state index contributed by atoms with van der Waals surface area (Å²) >= 11 is 0. The monoisotopic (exact) mass is 297 g/mol. The number of carbonyl (C=O) groups excluding carboxylic acids is 1. The second-order valence-electron chi connectivity index (χ2n) is 6.31. The summed E-state index contributed by atoms with van der Waals surface area (Å²) in [7, 11) is 0. The fraction of sp³-hybridized carbons (Fsp3) is 0.333. The molecule has 116 valence electrons. The third-order valence-electron chi connectivity index (χ3n) is 3.34. The van der Waals surface area contributed by atoms with Crippen molar-refractivity contribution in [1.29, 1.82) is 0 Å². The second-order valence-corrected chi connectivity index (χ2v) is 6.31. The minimum Gasteiger partial charge on any atom is -0.340 e. The first-order valence-corrected chi connectivity index (χ1v) is 7.52. The number of pyridine rings is 1. The first-order chi connectivity index (χ1) is 10.4. The van der Waals surface area contributed by atoms with Gasteiger partial charge in [0.1, 0.15) is 5.82 Å². The fourth-order valence-corrected chi connectivity index (χ4v) is 1.83. The summed E-state index contributed by atoms with van der Waals surface area (Å²) in [5.41, 5.74) is 2.58. The SMILES string of the molecule is CCc1ccc(Nc2ccc(NC(=O)C(C)(C)C)cn2)cc1. The van der Waals surface area contributed by atoms with Crippen molar-refractivity contribution in [1.82, 2.24) is 4.98 Å². The largest absolute Gasteiger partial charge is 0.340 e. The zero-order valence-electron chi connectivity index (χ0n) is 13.6. The lowest BCUT2D eigenvalue weighted by atomic mass is 9.96. The van der Waals surface area contributed by atoms with Gasteiger partial charge in [-0.1, -0.05) is 39.8 Å². The number of hydrogen-bond acceptors (Lipinski definition) is 3. The van der Waals surface area contributed by atoms with E-state index in [1.807, 2.05) is 45.0 Å². The van der Waals surface area contributed by atoms with Crippen LogP contribution < -0.4 is 10.6 Å². The van der Waals surface area contributed by atoms with Gasteiger partial charge >= 0.3 is 0 Å². The first-order valence-electron chi connectivity index (χ1n) is 7.52. The fourth-order valence-electron chi connectivity index (χ4n) is 1.83. The molecule has 0 aliphatic heterocycles. The van der Waals surface area contributed by atoms with Crippen LogP contribution >= 0.6 is 0 Å². The molecule has 0 aliphatic rings. The summed E-state index contributed by atoms with van der Waals surface area (Å²) in [6, 6.07) is 12.0. The van der Waals surface area contributed by atoms with Crippen molar-refractivity contribution < 1.29 is 4.79 Å². The van der Waals surface area contributed by atoms with Crippen LogP contribution in [-0.2, 0) is 11.2 Å². The molecule has 0 saturated heterocycles. The molecule has 1 aromatic heterocycles. The van der Waals surface area contributed by atoms with Crippen LogP contribution in [0, 0.1) is 5.41 Å². The number of hydrogen-bond donors (Lipinski definition) is 2. The Morgan fingerprint density at radius 2 is 1.68 bits per heavy atom. The van der Waals surface area contributed by atoms with Crippen LogP contribution in [0.25, 0.3) is 0 Å². The average Bonchev–Trinajstić information content (AvgIpc) is 2.49. The Balaban J connectivity index is 2.01. The predicted molar refractivity (Wildman–Crippen MR) is 91.4 cm³/mol. The lowest BCUT2D eigenvalue weighted by molar-refractivity contribution is -0.123. The van der Waals surface area contributed by atoms with Gasteiger partial charge in [0.2, 0.25) is 5.91 Å². The summed E-state index contributed by atoms with van der Waals surface area (Å²) < 4.78 is 0. The minimum atomic E-state index is -0.419. The molecular weight excluding hydrogens is 274 g/mol. The van der Waals surface area contributed by atoms with Gasteiger partial charge in [0.05, 0.1) is 11.9 Å². The molecule has 4 nitrogen and oxygen atoms in total. The molecule has 2 N–H and O–H groups in total. The van der Waals surface area contributed by atoms with Gasteiger partial charge in [0.25, 0.3) is 0 Å². The Labute approximate surface area is 132 Å². The number of nitrogens with one attached hydrogen (secondary N) is 2. The molecule has 2 rings (SSSR count). The van der Waals surface area contributed by atoms with E-state index in [1.54, 1.807) is 6.20 Å². The molecule has 0 radical (unpaired) electrons. The molecule has 1 aromatic carbocycles. The average molecular weight is 297 g/mol. The number of nitrogens with zero attached hydrogens (tertiary/aromatic N) is 1. The van der Waals surface area contributed by atoms with Crippen molar-refractivity contribution in [3.8, 4) is 0 Å². The predicted octanol–water partition coefficient (Wildman–Crippen LogP) is 4.37. The van der Waals surface area contributed by atoms with Crippen molar-refractivity contribution in [2.24, 2.45) is 5.41 Å². The van der Waals surface area contributed by atoms with Crippen LogP contribution in [-0.4, -0.2) is 10.9 Å². The Morgan fingerprint density at radius 1 is 1.05 bits per heavy atom. The maximum Gasteiger partial charge on any atom is 0.229 e. The van der Waals surface area contributed by atoms with Gasteiger partial charge in [-0.05, 0) is 36.2 Å². The van der Waals surface area contributed by atoms with Gasteiger partial charge in [-0.15, -0.1) is 0 Å². The molecule has 0 fully saturated rings. The second kappa shape index (κ2) is 6.60. The van der Waals surface area contributed by atoms with E-state index in [1.165, 1.54) is 5.56 Å². The summed E-state index contributed by atoms with van der Waals surface area (Å²) in [6.45, 7) is 7.78. The number of rotatable bonds is 4. The maximum atomic E-state index is 11.9. The van der Waals surface area contributed by atoms with Crippen molar-refractivity contribution in [3.63, 3.8) is 0 Å². The van der Waals surface area contributed by atoms with Crippen LogP contribution in [0.15, 0.2) is 42.6 Å². The molecule has 22 heavy (non-hydrogen) atoms. The number of aromatic nitrogens is 1. The summed E-state index contributed by atoms with van der Waals surface area (Å²) in [6.07, 6.45) is 2.69. The smallest absolute Gasteiger partial charge is 0.229 e. The van der Waals surface area contributed by atoms with Gasteiger partial charge in [0.15, 0.2) is 0 Å². The van der Waals surface area contributed by atoms with Gasteiger partial charge in [-0.3, -0.25) is 4.79 Å². The van der Waals surface area contributed by atoms with Gasteiger partial charge in [-0.2, -0.15) is 0 Å². The lowest BCUT2D eigenvalue weighted by Crippen LogP contribution is -2.27. The van der Waals surface area contributed by atoms with Crippen LogP contribution in [0.2, 0.25) is 0 Å². The van der Waals surface area contributed by atoms with Gasteiger partial charge in [0, 0.05) is 11.1 Å². The van der Waals surface area contributed by atoms with Crippen LogP contribution in [0.3, 0.4) is 0 Å².